The molecule has 1 aromatic heterocycles. The predicted molar refractivity (Wildman–Crippen MR) is 88.3 cm³/mol. The molecular formula is C19H20N2. The summed E-state index contributed by atoms with van der Waals surface area (Å²) in [5.74, 6) is 0. The standard InChI is InChI=1S/C19H20N2/c1-15-5-4-6-16(11-15)9-10-20-13-18-14-21-12-17-7-2-3-8-19(17)18/h2-8,11-12,14,20H,9-10,13H2,1H3. The molecule has 106 valence electrons. The lowest BCUT2D eigenvalue weighted by atomic mass is 10.1. The highest BCUT2D eigenvalue weighted by atomic mass is 14.8. The molecule has 0 atom stereocenters. The Morgan fingerprint density at radius 1 is 1.00 bits per heavy atom. The fourth-order valence-corrected chi connectivity index (χ4v) is 2.64. The number of pyridine rings is 1. The fraction of sp³-hybridized carbons (Fsp3) is 0.211. The Morgan fingerprint density at radius 3 is 2.81 bits per heavy atom. The average Bonchev–Trinajstić information content (AvgIpc) is 2.52. The number of hydrogen-bond donors (Lipinski definition) is 1. The van der Waals surface area contributed by atoms with Gasteiger partial charge < -0.3 is 5.32 Å². The summed E-state index contributed by atoms with van der Waals surface area (Å²) in [6, 6.07) is 17.1. The minimum absolute atomic E-state index is 0.861. The van der Waals surface area contributed by atoms with Crippen molar-refractivity contribution in [1.82, 2.24) is 10.3 Å². The lowest BCUT2D eigenvalue weighted by molar-refractivity contribution is 0.688. The third kappa shape index (κ3) is 3.47. The topological polar surface area (TPSA) is 24.9 Å². The molecule has 21 heavy (non-hydrogen) atoms. The third-order valence-electron chi connectivity index (χ3n) is 3.74. The molecule has 0 amide bonds. The second-order valence-corrected chi connectivity index (χ2v) is 5.44. The second kappa shape index (κ2) is 6.51. The molecule has 3 rings (SSSR count). The number of nitrogens with one attached hydrogen (secondary N) is 1. The summed E-state index contributed by atoms with van der Waals surface area (Å²) in [7, 11) is 0. The summed E-state index contributed by atoms with van der Waals surface area (Å²) in [6.07, 6.45) is 4.94. The number of aryl methyl sites for hydroxylation is 1. The highest BCUT2D eigenvalue weighted by Crippen LogP contribution is 2.16. The van der Waals surface area contributed by atoms with Crippen LogP contribution in [-0.4, -0.2) is 11.5 Å². The number of rotatable bonds is 5. The first-order chi connectivity index (χ1) is 10.3. The lowest BCUT2D eigenvalue weighted by Gasteiger charge is -2.08. The Morgan fingerprint density at radius 2 is 1.90 bits per heavy atom. The molecule has 0 saturated carbocycles. The van der Waals surface area contributed by atoms with Crippen molar-refractivity contribution in [3.8, 4) is 0 Å². The van der Waals surface area contributed by atoms with Gasteiger partial charge in [0.2, 0.25) is 0 Å². The predicted octanol–water partition coefficient (Wildman–Crippen LogP) is 3.88. The van der Waals surface area contributed by atoms with Gasteiger partial charge in [-0.2, -0.15) is 0 Å². The number of benzene rings is 2. The van der Waals surface area contributed by atoms with E-state index in [1.807, 2.05) is 12.4 Å². The van der Waals surface area contributed by atoms with Crippen LogP contribution in [0.15, 0.2) is 60.9 Å². The first-order valence-corrected chi connectivity index (χ1v) is 7.41. The Balaban J connectivity index is 1.60. The first kappa shape index (κ1) is 13.8. The quantitative estimate of drug-likeness (QED) is 0.715. The SMILES string of the molecule is Cc1cccc(CCNCc2cncc3ccccc23)c1. The van der Waals surface area contributed by atoms with Gasteiger partial charge >= 0.3 is 0 Å². The van der Waals surface area contributed by atoms with E-state index in [1.165, 1.54) is 27.5 Å². The van der Waals surface area contributed by atoms with Crippen LogP contribution in [0.5, 0.6) is 0 Å². The maximum Gasteiger partial charge on any atom is 0.0346 e. The highest BCUT2D eigenvalue weighted by molar-refractivity contribution is 5.84. The maximum atomic E-state index is 4.32. The van der Waals surface area contributed by atoms with E-state index in [0.29, 0.717) is 0 Å². The monoisotopic (exact) mass is 276 g/mol. The molecule has 3 aromatic rings. The molecule has 0 aliphatic rings. The number of hydrogen-bond acceptors (Lipinski definition) is 2. The maximum absolute atomic E-state index is 4.32. The molecular weight excluding hydrogens is 256 g/mol. The van der Waals surface area contributed by atoms with E-state index in [0.717, 1.165) is 19.5 Å². The summed E-state index contributed by atoms with van der Waals surface area (Å²) in [5.41, 5.74) is 3.97. The zero-order chi connectivity index (χ0) is 14.5. The molecule has 1 N–H and O–H groups in total. The van der Waals surface area contributed by atoms with Gasteiger partial charge in [0.15, 0.2) is 0 Å². The summed E-state index contributed by atoms with van der Waals surface area (Å²) in [5, 5.41) is 6.01. The summed E-state index contributed by atoms with van der Waals surface area (Å²) in [4.78, 5) is 4.32. The van der Waals surface area contributed by atoms with Crippen molar-refractivity contribution in [2.45, 2.75) is 19.9 Å². The van der Waals surface area contributed by atoms with Crippen molar-refractivity contribution in [3.05, 3.63) is 77.6 Å². The van der Waals surface area contributed by atoms with E-state index in [2.05, 4.69) is 65.8 Å². The molecule has 2 aromatic carbocycles. The van der Waals surface area contributed by atoms with Gasteiger partial charge in [-0.3, -0.25) is 4.98 Å². The van der Waals surface area contributed by atoms with Crippen LogP contribution in [0.4, 0.5) is 0 Å². The molecule has 0 fully saturated rings. The first-order valence-electron chi connectivity index (χ1n) is 7.41. The largest absolute Gasteiger partial charge is 0.312 e. The van der Waals surface area contributed by atoms with Crippen molar-refractivity contribution in [1.29, 1.82) is 0 Å². The van der Waals surface area contributed by atoms with Gasteiger partial charge in [0.05, 0.1) is 0 Å². The molecule has 0 radical (unpaired) electrons. The Bertz CT molecular complexity index is 729. The van der Waals surface area contributed by atoms with E-state index in [-0.39, 0.29) is 0 Å². The van der Waals surface area contributed by atoms with Gasteiger partial charge in [0, 0.05) is 24.3 Å². The number of aromatic nitrogens is 1. The van der Waals surface area contributed by atoms with Crippen LogP contribution in [0.1, 0.15) is 16.7 Å². The third-order valence-corrected chi connectivity index (χ3v) is 3.74. The van der Waals surface area contributed by atoms with Crippen molar-refractivity contribution in [2.75, 3.05) is 6.54 Å². The molecule has 0 spiro atoms. The minimum Gasteiger partial charge on any atom is -0.312 e. The van der Waals surface area contributed by atoms with Gasteiger partial charge in [0.25, 0.3) is 0 Å². The molecule has 0 aliphatic carbocycles. The van der Waals surface area contributed by atoms with Crippen LogP contribution in [0, 0.1) is 6.92 Å². The zero-order valence-corrected chi connectivity index (χ0v) is 12.3. The van der Waals surface area contributed by atoms with Gasteiger partial charge in [-0.05, 0) is 36.4 Å². The van der Waals surface area contributed by atoms with E-state index in [1.54, 1.807) is 0 Å². The number of fused-ring (bicyclic) bond motifs is 1. The highest BCUT2D eigenvalue weighted by Gasteiger charge is 2.00. The minimum atomic E-state index is 0.861. The second-order valence-electron chi connectivity index (χ2n) is 5.44. The zero-order valence-electron chi connectivity index (χ0n) is 12.3. The summed E-state index contributed by atoms with van der Waals surface area (Å²) >= 11 is 0. The Hall–Kier alpha value is -2.19. The van der Waals surface area contributed by atoms with Crippen LogP contribution in [0.25, 0.3) is 10.8 Å². The van der Waals surface area contributed by atoms with E-state index >= 15 is 0 Å². The fourth-order valence-electron chi connectivity index (χ4n) is 2.64. The summed E-state index contributed by atoms with van der Waals surface area (Å²) < 4.78 is 0. The van der Waals surface area contributed by atoms with Gasteiger partial charge in [-0.15, -0.1) is 0 Å². The van der Waals surface area contributed by atoms with Crippen LogP contribution in [0.3, 0.4) is 0 Å². The Kier molecular flexibility index (Phi) is 4.27. The van der Waals surface area contributed by atoms with Crippen LogP contribution >= 0.6 is 0 Å². The van der Waals surface area contributed by atoms with Crippen LogP contribution in [0.2, 0.25) is 0 Å². The average molecular weight is 276 g/mol. The lowest BCUT2D eigenvalue weighted by Crippen LogP contribution is -2.17. The smallest absolute Gasteiger partial charge is 0.0346 e. The molecule has 0 bridgehead atoms. The van der Waals surface area contributed by atoms with Gasteiger partial charge in [0.1, 0.15) is 0 Å². The van der Waals surface area contributed by atoms with Crippen LogP contribution in [-0.2, 0) is 13.0 Å². The van der Waals surface area contributed by atoms with Crippen LogP contribution < -0.4 is 5.32 Å². The molecule has 0 saturated heterocycles. The number of nitrogens with zero attached hydrogens (tertiary/aromatic N) is 1. The van der Waals surface area contributed by atoms with E-state index < -0.39 is 0 Å². The van der Waals surface area contributed by atoms with Gasteiger partial charge in [-0.25, -0.2) is 0 Å². The molecule has 0 aliphatic heterocycles. The molecule has 1 heterocycles. The Labute approximate surface area is 125 Å². The molecule has 0 unspecified atom stereocenters. The van der Waals surface area contributed by atoms with Crippen molar-refractivity contribution < 1.29 is 0 Å². The normalized spacial score (nSPS) is 10.9. The summed E-state index contributed by atoms with van der Waals surface area (Å²) in [6.45, 7) is 3.98. The van der Waals surface area contributed by atoms with Crippen molar-refractivity contribution >= 4 is 10.8 Å². The molecule has 2 heteroatoms. The molecule has 2 nitrogen and oxygen atoms in total. The van der Waals surface area contributed by atoms with Crippen molar-refractivity contribution in [3.63, 3.8) is 0 Å². The van der Waals surface area contributed by atoms with E-state index in [9.17, 15) is 0 Å². The van der Waals surface area contributed by atoms with Crippen molar-refractivity contribution in [2.24, 2.45) is 0 Å². The van der Waals surface area contributed by atoms with Gasteiger partial charge in [-0.1, -0.05) is 54.1 Å². The van der Waals surface area contributed by atoms with E-state index in [4.69, 9.17) is 0 Å².